The van der Waals surface area contributed by atoms with Gasteiger partial charge in [-0.3, -0.25) is 4.79 Å². The second kappa shape index (κ2) is 7.10. The predicted octanol–water partition coefficient (Wildman–Crippen LogP) is 3.54. The van der Waals surface area contributed by atoms with Crippen LogP contribution in [0.1, 0.15) is 43.0 Å². The standard InChI is InChI=1S/C14H20N2OS2/c1-2-19-11-6-3-5-10(9-11)16-13(17)12-7-4-8-15-14(12)18/h4,7-8,10-11H,2-3,5-6,9H2,1H3,(H,15,18)(H,16,17). The van der Waals surface area contributed by atoms with Gasteiger partial charge in [-0.1, -0.05) is 25.6 Å². The molecular weight excluding hydrogens is 276 g/mol. The number of carbonyl (C=O) groups is 1. The zero-order chi connectivity index (χ0) is 13.7. The lowest BCUT2D eigenvalue weighted by molar-refractivity contribution is 0.0927. The number of hydrogen-bond acceptors (Lipinski definition) is 3. The monoisotopic (exact) mass is 296 g/mol. The molecule has 1 saturated carbocycles. The number of H-pyrrole nitrogens is 1. The summed E-state index contributed by atoms with van der Waals surface area (Å²) in [6.45, 7) is 2.19. The van der Waals surface area contributed by atoms with Crippen LogP contribution in [0.15, 0.2) is 18.3 Å². The maximum atomic E-state index is 12.2. The van der Waals surface area contributed by atoms with Crippen LogP contribution in [0.5, 0.6) is 0 Å². The molecule has 1 fully saturated rings. The van der Waals surface area contributed by atoms with Crippen molar-refractivity contribution >= 4 is 29.9 Å². The van der Waals surface area contributed by atoms with E-state index in [0.717, 1.165) is 18.6 Å². The first kappa shape index (κ1) is 14.6. The van der Waals surface area contributed by atoms with Crippen molar-refractivity contribution in [1.82, 2.24) is 10.3 Å². The van der Waals surface area contributed by atoms with Gasteiger partial charge in [0.05, 0.1) is 5.56 Å². The van der Waals surface area contributed by atoms with Crippen LogP contribution in [0, 0.1) is 4.64 Å². The van der Waals surface area contributed by atoms with Gasteiger partial charge in [0, 0.05) is 17.5 Å². The number of aromatic nitrogens is 1. The average molecular weight is 296 g/mol. The Morgan fingerprint density at radius 1 is 1.58 bits per heavy atom. The number of nitrogens with one attached hydrogen (secondary N) is 2. The number of pyridine rings is 1. The minimum absolute atomic E-state index is 0.0472. The minimum Gasteiger partial charge on any atom is -0.352 e. The van der Waals surface area contributed by atoms with E-state index < -0.39 is 0 Å². The van der Waals surface area contributed by atoms with Crippen LogP contribution in [0.2, 0.25) is 0 Å². The highest BCUT2D eigenvalue weighted by atomic mass is 32.2. The molecule has 19 heavy (non-hydrogen) atoms. The Balaban J connectivity index is 1.95. The molecule has 1 aliphatic rings. The summed E-state index contributed by atoms with van der Waals surface area (Å²) in [6.07, 6.45) is 6.37. The highest BCUT2D eigenvalue weighted by Crippen LogP contribution is 2.28. The van der Waals surface area contributed by atoms with Crippen LogP contribution in [-0.4, -0.2) is 27.9 Å². The molecule has 0 aromatic carbocycles. The van der Waals surface area contributed by atoms with Crippen molar-refractivity contribution in [3.8, 4) is 0 Å². The van der Waals surface area contributed by atoms with E-state index in [1.165, 1.54) is 12.8 Å². The number of carbonyl (C=O) groups excluding carboxylic acids is 1. The Kier molecular flexibility index (Phi) is 5.45. The molecule has 2 N–H and O–H groups in total. The third-order valence-corrected chi connectivity index (χ3v) is 5.00. The van der Waals surface area contributed by atoms with E-state index in [-0.39, 0.29) is 5.91 Å². The molecule has 0 radical (unpaired) electrons. The van der Waals surface area contributed by atoms with Crippen molar-refractivity contribution in [1.29, 1.82) is 0 Å². The number of thioether (sulfide) groups is 1. The largest absolute Gasteiger partial charge is 0.352 e. The van der Waals surface area contributed by atoms with E-state index >= 15 is 0 Å². The normalized spacial score (nSPS) is 23.0. The first-order valence-corrected chi connectivity index (χ1v) is 8.26. The maximum Gasteiger partial charge on any atom is 0.254 e. The second-order valence-corrected chi connectivity index (χ2v) is 6.81. The van der Waals surface area contributed by atoms with Gasteiger partial charge in [0.1, 0.15) is 4.64 Å². The summed E-state index contributed by atoms with van der Waals surface area (Å²) < 4.78 is 0.510. The molecule has 5 heteroatoms. The SMILES string of the molecule is CCSC1CCCC(NC(=O)c2ccc[nH]c2=S)C1. The molecule has 1 aliphatic carbocycles. The van der Waals surface area contributed by atoms with E-state index in [1.54, 1.807) is 18.3 Å². The number of hydrogen-bond donors (Lipinski definition) is 2. The average Bonchev–Trinajstić information content (AvgIpc) is 2.40. The van der Waals surface area contributed by atoms with E-state index in [2.05, 4.69) is 17.2 Å². The third kappa shape index (κ3) is 4.08. The maximum absolute atomic E-state index is 12.2. The predicted molar refractivity (Wildman–Crippen MR) is 83.3 cm³/mol. The lowest BCUT2D eigenvalue weighted by Gasteiger charge is -2.29. The van der Waals surface area contributed by atoms with Gasteiger partial charge in [0.25, 0.3) is 5.91 Å². The molecule has 2 rings (SSSR count). The van der Waals surface area contributed by atoms with E-state index in [0.29, 0.717) is 21.5 Å². The quantitative estimate of drug-likeness (QED) is 0.835. The highest BCUT2D eigenvalue weighted by Gasteiger charge is 2.23. The van der Waals surface area contributed by atoms with Crippen LogP contribution >= 0.6 is 24.0 Å². The summed E-state index contributed by atoms with van der Waals surface area (Å²) in [6, 6.07) is 3.87. The van der Waals surface area contributed by atoms with Crippen LogP contribution in [0.4, 0.5) is 0 Å². The van der Waals surface area contributed by atoms with Gasteiger partial charge in [-0.05, 0) is 37.1 Å². The molecule has 1 heterocycles. The molecule has 1 amide bonds. The summed E-state index contributed by atoms with van der Waals surface area (Å²) in [7, 11) is 0. The fourth-order valence-electron chi connectivity index (χ4n) is 2.53. The molecule has 1 aromatic rings. The van der Waals surface area contributed by atoms with E-state index in [9.17, 15) is 4.79 Å². The first-order chi connectivity index (χ1) is 9.20. The van der Waals surface area contributed by atoms with Crippen molar-refractivity contribution in [3.63, 3.8) is 0 Å². The summed E-state index contributed by atoms with van der Waals surface area (Å²) in [5.74, 6) is 1.10. The third-order valence-electron chi connectivity index (χ3n) is 3.43. The summed E-state index contributed by atoms with van der Waals surface area (Å²) in [5.41, 5.74) is 0.572. The summed E-state index contributed by atoms with van der Waals surface area (Å²) in [4.78, 5) is 15.1. The van der Waals surface area contributed by atoms with Gasteiger partial charge in [0.15, 0.2) is 0 Å². The van der Waals surface area contributed by atoms with Crippen LogP contribution in [-0.2, 0) is 0 Å². The van der Waals surface area contributed by atoms with Crippen molar-refractivity contribution < 1.29 is 4.79 Å². The summed E-state index contributed by atoms with van der Waals surface area (Å²) in [5, 5.41) is 3.81. The first-order valence-electron chi connectivity index (χ1n) is 6.81. The Hall–Kier alpha value is -0.810. The van der Waals surface area contributed by atoms with Gasteiger partial charge in [-0.2, -0.15) is 11.8 Å². The molecule has 0 spiro atoms. The van der Waals surface area contributed by atoms with Crippen molar-refractivity contribution in [2.24, 2.45) is 0 Å². The fraction of sp³-hybridized carbons (Fsp3) is 0.571. The van der Waals surface area contributed by atoms with Gasteiger partial charge in [-0.25, -0.2) is 0 Å². The topological polar surface area (TPSA) is 44.9 Å². The molecule has 0 aliphatic heterocycles. The summed E-state index contributed by atoms with van der Waals surface area (Å²) >= 11 is 7.14. The van der Waals surface area contributed by atoms with Crippen LogP contribution in [0.3, 0.4) is 0 Å². The Labute approximate surface area is 123 Å². The Morgan fingerprint density at radius 3 is 3.16 bits per heavy atom. The van der Waals surface area contributed by atoms with Crippen molar-refractivity contribution in [2.45, 2.75) is 43.9 Å². The van der Waals surface area contributed by atoms with Gasteiger partial charge < -0.3 is 10.3 Å². The van der Waals surface area contributed by atoms with Crippen LogP contribution in [0.25, 0.3) is 0 Å². The molecule has 0 saturated heterocycles. The molecule has 104 valence electrons. The highest BCUT2D eigenvalue weighted by molar-refractivity contribution is 7.99. The van der Waals surface area contributed by atoms with Gasteiger partial charge in [0.2, 0.25) is 0 Å². The molecular formula is C14H20N2OS2. The van der Waals surface area contributed by atoms with Crippen LogP contribution < -0.4 is 5.32 Å². The van der Waals surface area contributed by atoms with E-state index in [4.69, 9.17) is 12.2 Å². The number of amides is 1. The number of aromatic amines is 1. The molecule has 3 nitrogen and oxygen atoms in total. The van der Waals surface area contributed by atoms with Gasteiger partial charge in [-0.15, -0.1) is 0 Å². The molecule has 2 atom stereocenters. The number of rotatable bonds is 4. The minimum atomic E-state index is -0.0472. The Morgan fingerprint density at radius 2 is 2.42 bits per heavy atom. The smallest absolute Gasteiger partial charge is 0.254 e. The van der Waals surface area contributed by atoms with Crippen molar-refractivity contribution in [3.05, 3.63) is 28.5 Å². The lowest BCUT2D eigenvalue weighted by Crippen LogP contribution is -2.39. The molecule has 0 bridgehead atoms. The lowest BCUT2D eigenvalue weighted by atomic mass is 9.95. The van der Waals surface area contributed by atoms with Crippen molar-refractivity contribution in [2.75, 3.05) is 5.75 Å². The zero-order valence-electron chi connectivity index (χ0n) is 11.1. The zero-order valence-corrected chi connectivity index (χ0v) is 12.8. The van der Waals surface area contributed by atoms with Gasteiger partial charge >= 0.3 is 0 Å². The Bertz CT molecular complexity index is 484. The molecule has 2 unspecified atom stereocenters. The van der Waals surface area contributed by atoms with E-state index in [1.807, 2.05) is 11.8 Å². The fourth-order valence-corrected chi connectivity index (χ4v) is 3.93. The molecule has 1 aromatic heterocycles. The second-order valence-electron chi connectivity index (χ2n) is 4.83.